The quantitative estimate of drug-likeness (QED) is 0.885. The van der Waals surface area contributed by atoms with Crippen LogP contribution in [0, 0.1) is 17.0 Å². The maximum absolute atomic E-state index is 13.4. The molecule has 17 heavy (non-hydrogen) atoms. The summed E-state index contributed by atoms with van der Waals surface area (Å²) < 4.78 is 32.0. The van der Waals surface area contributed by atoms with Crippen molar-refractivity contribution in [1.29, 1.82) is 0 Å². The second kappa shape index (κ2) is 5.00. The molecule has 2 unspecified atom stereocenters. The summed E-state index contributed by atoms with van der Waals surface area (Å²) in [6.07, 6.45) is -0.390. The molecule has 2 nitrogen and oxygen atoms in total. The Morgan fingerprint density at radius 1 is 1.24 bits per heavy atom. The summed E-state index contributed by atoms with van der Waals surface area (Å²) in [7, 11) is 0. The van der Waals surface area contributed by atoms with Crippen LogP contribution >= 0.6 is 0 Å². The lowest BCUT2D eigenvalue weighted by molar-refractivity contribution is 0.0644. The van der Waals surface area contributed by atoms with Crippen LogP contribution in [0.4, 0.5) is 8.78 Å². The first-order valence-corrected chi connectivity index (χ1v) is 5.59. The zero-order chi connectivity index (χ0) is 13.2. The van der Waals surface area contributed by atoms with Crippen molar-refractivity contribution in [2.75, 3.05) is 0 Å². The van der Waals surface area contributed by atoms with Gasteiger partial charge in [-0.3, -0.25) is 0 Å². The van der Waals surface area contributed by atoms with Crippen LogP contribution < -0.4 is 10.5 Å². The van der Waals surface area contributed by atoms with Crippen LogP contribution in [0.1, 0.15) is 27.7 Å². The van der Waals surface area contributed by atoms with Crippen molar-refractivity contribution in [2.45, 2.75) is 39.8 Å². The summed E-state index contributed by atoms with van der Waals surface area (Å²) in [6.45, 7) is 7.61. The predicted molar refractivity (Wildman–Crippen MR) is 63.9 cm³/mol. The van der Waals surface area contributed by atoms with Gasteiger partial charge in [0.2, 0.25) is 0 Å². The molecule has 2 atom stereocenters. The number of halogens is 2. The van der Waals surface area contributed by atoms with Gasteiger partial charge in [0.05, 0.1) is 0 Å². The molecule has 1 rings (SSSR count). The molecule has 0 saturated heterocycles. The third-order valence-electron chi connectivity index (χ3n) is 2.48. The highest BCUT2D eigenvalue weighted by Crippen LogP contribution is 2.28. The highest BCUT2D eigenvalue weighted by molar-refractivity contribution is 5.25. The van der Waals surface area contributed by atoms with Gasteiger partial charge in [0, 0.05) is 17.5 Å². The first-order chi connectivity index (χ1) is 7.71. The van der Waals surface area contributed by atoms with Crippen LogP contribution in [0.3, 0.4) is 0 Å². The van der Waals surface area contributed by atoms with Gasteiger partial charge in [-0.15, -0.1) is 0 Å². The zero-order valence-corrected chi connectivity index (χ0v) is 10.6. The molecule has 0 aliphatic carbocycles. The van der Waals surface area contributed by atoms with Gasteiger partial charge in [-0.1, -0.05) is 20.8 Å². The maximum atomic E-state index is 13.4. The van der Waals surface area contributed by atoms with Gasteiger partial charge < -0.3 is 10.5 Å². The molecule has 0 saturated carbocycles. The summed E-state index contributed by atoms with van der Waals surface area (Å²) in [4.78, 5) is 0. The second-order valence-corrected chi connectivity index (χ2v) is 5.34. The Hall–Kier alpha value is -1.16. The molecular formula is C13H19F2NO. The SMILES string of the molecule is CC(N)C(Oc1cc(F)ccc1F)C(C)(C)C. The van der Waals surface area contributed by atoms with Crippen molar-refractivity contribution in [3.05, 3.63) is 29.8 Å². The molecule has 0 radical (unpaired) electrons. The fourth-order valence-electron chi connectivity index (χ4n) is 1.78. The molecular weight excluding hydrogens is 224 g/mol. The summed E-state index contributed by atoms with van der Waals surface area (Å²) >= 11 is 0. The maximum Gasteiger partial charge on any atom is 0.165 e. The van der Waals surface area contributed by atoms with E-state index in [1.165, 1.54) is 0 Å². The average molecular weight is 243 g/mol. The van der Waals surface area contributed by atoms with E-state index in [0.29, 0.717) is 0 Å². The number of hydrogen-bond acceptors (Lipinski definition) is 2. The third-order valence-corrected chi connectivity index (χ3v) is 2.48. The Morgan fingerprint density at radius 2 is 1.82 bits per heavy atom. The minimum atomic E-state index is -0.582. The van der Waals surface area contributed by atoms with Gasteiger partial charge in [0.1, 0.15) is 11.9 Å². The van der Waals surface area contributed by atoms with Gasteiger partial charge in [-0.2, -0.15) is 0 Å². The highest BCUT2D eigenvalue weighted by Gasteiger charge is 2.30. The molecule has 4 heteroatoms. The van der Waals surface area contributed by atoms with E-state index in [1.807, 2.05) is 20.8 Å². The summed E-state index contributed by atoms with van der Waals surface area (Å²) in [5.41, 5.74) is 5.56. The topological polar surface area (TPSA) is 35.2 Å². The zero-order valence-electron chi connectivity index (χ0n) is 10.6. The van der Waals surface area contributed by atoms with Crippen molar-refractivity contribution in [3.63, 3.8) is 0 Å². The van der Waals surface area contributed by atoms with Gasteiger partial charge in [0.15, 0.2) is 11.6 Å². The van der Waals surface area contributed by atoms with Crippen molar-refractivity contribution < 1.29 is 13.5 Å². The Kier molecular flexibility index (Phi) is 4.09. The largest absolute Gasteiger partial charge is 0.485 e. The molecule has 96 valence electrons. The fraction of sp³-hybridized carbons (Fsp3) is 0.538. The number of nitrogens with two attached hydrogens (primary N) is 1. The number of rotatable bonds is 3. The summed E-state index contributed by atoms with van der Waals surface area (Å²) in [5, 5.41) is 0. The van der Waals surface area contributed by atoms with Crippen LogP contribution in [-0.4, -0.2) is 12.1 Å². The van der Waals surface area contributed by atoms with Crippen LogP contribution in [0.2, 0.25) is 0 Å². The van der Waals surface area contributed by atoms with Crippen LogP contribution in [0.25, 0.3) is 0 Å². The molecule has 0 aliphatic heterocycles. The molecule has 0 fully saturated rings. The summed E-state index contributed by atoms with van der Waals surface area (Å²) in [6, 6.07) is 2.86. The lowest BCUT2D eigenvalue weighted by Gasteiger charge is -2.34. The Morgan fingerprint density at radius 3 is 2.29 bits per heavy atom. The molecule has 0 amide bonds. The number of benzene rings is 1. The molecule has 0 bridgehead atoms. The lowest BCUT2D eigenvalue weighted by Crippen LogP contribution is -2.45. The van der Waals surface area contributed by atoms with Crippen molar-refractivity contribution >= 4 is 0 Å². The van der Waals surface area contributed by atoms with E-state index in [-0.39, 0.29) is 17.2 Å². The van der Waals surface area contributed by atoms with Gasteiger partial charge in [0.25, 0.3) is 0 Å². The van der Waals surface area contributed by atoms with Crippen LogP contribution in [-0.2, 0) is 0 Å². The normalized spacial score (nSPS) is 15.5. The summed E-state index contributed by atoms with van der Waals surface area (Å²) in [5.74, 6) is -1.21. The minimum Gasteiger partial charge on any atom is -0.485 e. The Labute approximate surface area is 101 Å². The van der Waals surface area contributed by atoms with Crippen LogP contribution in [0.15, 0.2) is 18.2 Å². The Bertz CT molecular complexity index is 385. The predicted octanol–water partition coefficient (Wildman–Crippen LogP) is 3.11. The van der Waals surface area contributed by atoms with E-state index >= 15 is 0 Å². The third kappa shape index (κ3) is 3.66. The van der Waals surface area contributed by atoms with Gasteiger partial charge >= 0.3 is 0 Å². The highest BCUT2D eigenvalue weighted by atomic mass is 19.1. The van der Waals surface area contributed by atoms with Crippen molar-refractivity contribution in [2.24, 2.45) is 11.1 Å². The van der Waals surface area contributed by atoms with Gasteiger partial charge in [-0.05, 0) is 19.1 Å². The van der Waals surface area contributed by atoms with E-state index in [4.69, 9.17) is 10.5 Å². The molecule has 0 aromatic heterocycles. The molecule has 0 aliphatic rings. The van der Waals surface area contributed by atoms with E-state index in [2.05, 4.69) is 0 Å². The lowest BCUT2D eigenvalue weighted by atomic mass is 9.85. The minimum absolute atomic E-state index is 0.0952. The second-order valence-electron chi connectivity index (χ2n) is 5.34. The number of hydrogen-bond donors (Lipinski definition) is 1. The first-order valence-electron chi connectivity index (χ1n) is 5.59. The standard InChI is InChI=1S/C13H19F2NO/c1-8(16)12(13(2,3)4)17-11-7-9(14)5-6-10(11)15/h5-8,12H,16H2,1-4H3. The smallest absolute Gasteiger partial charge is 0.165 e. The molecule has 0 spiro atoms. The number of ether oxygens (including phenoxy) is 1. The first kappa shape index (κ1) is 13.9. The molecule has 0 heterocycles. The molecule has 1 aromatic carbocycles. The molecule has 1 aromatic rings. The van der Waals surface area contributed by atoms with E-state index in [9.17, 15) is 8.78 Å². The van der Waals surface area contributed by atoms with E-state index in [1.54, 1.807) is 6.92 Å². The van der Waals surface area contributed by atoms with E-state index in [0.717, 1.165) is 18.2 Å². The van der Waals surface area contributed by atoms with Crippen molar-refractivity contribution in [1.82, 2.24) is 0 Å². The van der Waals surface area contributed by atoms with Gasteiger partial charge in [-0.25, -0.2) is 8.78 Å². The Balaban J connectivity index is 2.98. The fourth-order valence-corrected chi connectivity index (χ4v) is 1.78. The van der Waals surface area contributed by atoms with E-state index < -0.39 is 17.7 Å². The average Bonchev–Trinajstić information content (AvgIpc) is 2.17. The van der Waals surface area contributed by atoms with Crippen LogP contribution in [0.5, 0.6) is 5.75 Å². The monoisotopic (exact) mass is 243 g/mol. The molecule has 2 N–H and O–H groups in total. The van der Waals surface area contributed by atoms with Crippen molar-refractivity contribution in [3.8, 4) is 5.75 Å².